The van der Waals surface area contributed by atoms with Crippen LogP contribution in [0.25, 0.3) is 10.9 Å². The second kappa shape index (κ2) is 7.88. The molecule has 4 rings (SSSR count). The molecule has 2 N–H and O–H groups in total. The molecule has 2 heterocycles. The van der Waals surface area contributed by atoms with Crippen LogP contribution in [-0.2, 0) is 26.2 Å². The normalized spacial score (nSPS) is 15.7. The summed E-state index contributed by atoms with van der Waals surface area (Å²) in [5.41, 5.74) is 0.500. The molecule has 1 aliphatic rings. The summed E-state index contributed by atoms with van der Waals surface area (Å²) in [5.74, 6) is -0.190. The maximum Gasteiger partial charge on any atom is 0.308 e. The third-order valence-corrected chi connectivity index (χ3v) is 5.97. The number of H-pyrrole nitrogens is 1. The zero-order valence-corrected chi connectivity index (χ0v) is 17.0. The fraction of sp³-hybridized carbons (Fsp3) is 0.158. The summed E-state index contributed by atoms with van der Waals surface area (Å²) in [4.78, 5) is 35.2. The minimum Gasteiger partial charge on any atom is -0.457 e. The van der Waals surface area contributed by atoms with Gasteiger partial charge in [0.05, 0.1) is 28.8 Å². The number of aromatic amines is 1. The van der Waals surface area contributed by atoms with Gasteiger partial charge in [-0.05, 0) is 30.3 Å². The molecule has 0 saturated heterocycles. The van der Waals surface area contributed by atoms with Crippen molar-refractivity contribution in [2.24, 2.45) is 4.99 Å². The molecular formula is C19H15ClN4O5S. The van der Waals surface area contributed by atoms with Crippen LogP contribution in [0.5, 0.6) is 0 Å². The minimum atomic E-state index is -3.63. The Bertz CT molecular complexity index is 1350. The lowest BCUT2D eigenvalue weighted by Gasteiger charge is -2.05. The number of benzene rings is 2. The number of carbonyl (C=O) groups is 1. The number of sulfonamides is 1. The number of hydrogen-bond donors (Lipinski definition) is 2. The van der Waals surface area contributed by atoms with Gasteiger partial charge in [-0.1, -0.05) is 23.7 Å². The molecule has 11 heteroatoms. The van der Waals surface area contributed by atoms with Crippen LogP contribution in [0, 0.1) is 0 Å². The average Bonchev–Trinajstić information content (AvgIpc) is 2.97. The SMILES string of the molecule is O=C(CCN=C1NS(=O)(=O)c2ccccc21)OCc1nc2cc(Cl)ccc2c(=O)[nH]1. The van der Waals surface area contributed by atoms with Crippen molar-refractivity contribution in [3.63, 3.8) is 0 Å². The molecule has 30 heavy (non-hydrogen) atoms. The Morgan fingerprint density at radius 1 is 1.20 bits per heavy atom. The lowest BCUT2D eigenvalue weighted by Crippen LogP contribution is -2.22. The lowest BCUT2D eigenvalue weighted by molar-refractivity contribution is -0.144. The molecule has 0 aliphatic carbocycles. The highest BCUT2D eigenvalue weighted by atomic mass is 35.5. The van der Waals surface area contributed by atoms with E-state index in [0.717, 1.165) is 0 Å². The summed E-state index contributed by atoms with van der Waals surface area (Å²) in [6.07, 6.45) is -0.0724. The van der Waals surface area contributed by atoms with Crippen molar-refractivity contribution < 1.29 is 17.9 Å². The Morgan fingerprint density at radius 3 is 2.83 bits per heavy atom. The molecule has 1 aromatic heterocycles. The molecule has 0 radical (unpaired) electrons. The van der Waals surface area contributed by atoms with Gasteiger partial charge < -0.3 is 9.72 Å². The van der Waals surface area contributed by atoms with Gasteiger partial charge in [-0.2, -0.15) is 0 Å². The number of aliphatic imine (C=N–C) groups is 1. The highest BCUT2D eigenvalue weighted by molar-refractivity contribution is 7.90. The van der Waals surface area contributed by atoms with Crippen LogP contribution in [0.3, 0.4) is 0 Å². The van der Waals surface area contributed by atoms with E-state index in [-0.39, 0.29) is 41.7 Å². The number of nitrogens with one attached hydrogen (secondary N) is 2. The topological polar surface area (TPSA) is 131 Å². The molecule has 0 spiro atoms. The molecule has 1 aliphatic heterocycles. The summed E-state index contributed by atoms with van der Waals surface area (Å²) in [5, 5.41) is 0.816. The minimum absolute atomic E-state index is 0.0301. The van der Waals surface area contributed by atoms with E-state index in [4.69, 9.17) is 16.3 Å². The van der Waals surface area contributed by atoms with Crippen LogP contribution in [0.15, 0.2) is 57.1 Å². The van der Waals surface area contributed by atoms with Crippen molar-refractivity contribution >= 4 is 44.3 Å². The Balaban J connectivity index is 1.38. The van der Waals surface area contributed by atoms with Crippen LogP contribution in [0.2, 0.25) is 5.02 Å². The zero-order chi connectivity index (χ0) is 21.3. The lowest BCUT2D eigenvalue weighted by atomic mass is 10.2. The smallest absolute Gasteiger partial charge is 0.308 e. The number of fused-ring (bicyclic) bond motifs is 2. The predicted octanol–water partition coefficient (Wildman–Crippen LogP) is 1.75. The first-order valence-corrected chi connectivity index (χ1v) is 10.7. The highest BCUT2D eigenvalue weighted by Crippen LogP contribution is 2.22. The number of nitrogens with zero attached hydrogens (tertiary/aromatic N) is 2. The second-order valence-electron chi connectivity index (χ2n) is 6.42. The van der Waals surface area contributed by atoms with Gasteiger partial charge in [-0.3, -0.25) is 19.3 Å². The van der Waals surface area contributed by atoms with E-state index >= 15 is 0 Å². The first kappa shape index (κ1) is 20.0. The van der Waals surface area contributed by atoms with Gasteiger partial charge in [0.1, 0.15) is 18.3 Å². The number of halogens is 1. The third kappa shape index (κ3) is 4.05. The Hall–Kier alpha value is -3.24. The molecule has 0 bridgehead atoms. The van der Waals surface area contributed by atoms with Gasteiger partial charge in [0, 0.05) is 10.6 Å². The van der Waals surface area contributed by atoms with Gasteiger partial charge in [0.2, 0.25) is 0 Å². The molecule has 154 valence electrons. The van der Waals surface area contributed by atoms with E-state index < -0.39 is 16.0 Å². The first-order chi connectivity index (χ1) is 14.3. The molecule has 0 unspecified atom stereocenters. The molecule has 3 aromatic rings. The van der Waals surface area contributed by atoms with Crippen LogP contribution in [0.4, 0.5) is 0 Å². The largest absolute Gasteiger partial charge is 0.457 e. The molecular weight excluding hydrogens is 432 g/mol. The number of aromatic nitrogens is 2. The van der Waals surface area contributed by atoms with Crippen LogP contribution < -0.4 is 10.3 Å². The number of ether oxygens (including phenoxy) is 1. The molecule has 0 fully saturated rings. The maximum atomic E-state index is 12.1. The van der Waals surface area contributed by atoms with Crippen molar-refractivity contribution in [1.82, 2.24) is 14.7 Å². The van der Waals surface area contributed by atoms with E-state index in [1.165, 1.54) is 6.07 Å². The van der Waals surface area contributed by atoms with E-state index in [2.05, 4.69) is 19.7 Å². The monoisotopic (exact) mass is 446 g/mol. The molecule has 2 aromatic carbocycles. The zero-order valence-electron chi connectivity index (χ0n) is 15.4. The summed E-state index contributed by atoms with van der Waals surface area (Å²) >= 11 is 5.92. The standard InChI is InChI=1S/C19H15ClN4O5S/c20-11-5-6-12-14(9-11)22-16(23-19(12)26)10-29-17(25)7-8-21-18-13-3-1-2-4-15(13)30(27,28)24-18/h1-6,9H,7-8,10H2,(H,21,24)(H,22,23,26). The summed E-state index contributed by atoms with van der Waals surface area (Å²) < 4.78 is 31.6. The van der Waals surface area contributed by atoms with Crippen LogP contribution in [-0.4, -0.2) is 36.7 Å². The van der Waals surface area contributed by atoms with E-state index in [9.17, 15) is 18.0 Å². The van der Waals surface area contributed by atoms with E-state index in [0.29, 0.717) is 21.5 Å². The van der Waals surface area contributed by atoms with Crippen molar-refractivity contribution in [2.75, 3.05) is 6.54 Å². The van der Waals surface area contributed by atoms with E-state index in [1.807, 2.05) is 0 Å². The average molecular weight is 447 g/mol. The summed E-state index contributed by atoms with van der Waals surface area (Å²) in [6.45, 7) is -0.190. The van der Waals surface area contributed by atoms with Gasteiger partial charge >= 0.3 is 5.97 Å². The quantitative estimate of drug-likeness (QED) is 0.574. The number of carbonyl (C=O) groups excluding carboxylic acids is 1. The van der Waals surface area contributed by atoms with Gasteiger partial charge in [0.25, 0.3) is 15.6 Å². The fourth-order valence-electron chi connectivity index (χ4n) is 2.96. The Labute approximate surface area is 175 Å². The van der Waals surface area contributed by atoms with Gasteiger partial charge in [-0.25, -0.2) is 13.4 Å². The molecule has 0 saturated carbocycles. The number of hydrogen-bond acceptors (Lipinski definition) is 7. The van der Waals surface area contributed by atoms with Gasteiger partial charge in [-0.15, -0.1) is 0 Å². The van der Waals surface area contributed by atoms with Crippen molar-refractivity contribution in [3.05, 3.63) is 69.2 Å². The fourth-order valence-corrected chi connectivity index (χ4v) is 4.38. The highest BCUT2D eigenvalue weighted by Gasteiger charge is 2.29. The van der Waals surface area contributed by atoms with Crippen molar-refractivity contribution in [1.29, 1.82) is 0 Å². The molecule has 9 nitrogen and oxygen atoms in total. The predicted molar refractivity (Wildman–Crippen MR) is 110 cm³/mol. The van der Waals surface area contributed by atoms with Gasteiger partial charge in [0.15, 0.2) is 0 Å². The molecule has 0 amide bonds. The number of amidine groups is 1. The van der Waals surface area contributed by atoms with E-state index in [1.54, 1.807) is 36.4 Å². The summed E-state index contributed by atoms with van der Waals surface area (Å²) in [6, 6.07) is 11.1. The van der Waals surface area contributed by atoms with Crippen molar-refractivity contribution in [2.45, 2.75) is 17.9 Å². The van der Waals surface area contributed by atoms with Crippen LogP contribution >= 0.6 is 11.6 Å². The third-order valence-electron chi connectivity index (χ3n) is 4.34. The Kier molecular flexibility index (Phi) is 5.27. The van der Waals surface area contributed by atoms with Crippen LogP contribution in [0.1, 0.15) is 17.8 Å². The number of esters is 1. The summed E-state index contributed by atoms with van der Waals surface area (Å²) in [7, 11) is -3.63. The van der Waals surface area contributed by atoms with Crippen molar-refractivity contribution in [3.8, 4) is 0 Å². The first-order valence-electron chi connectivity index (χ1n) is 8.84. The number of rotatable bonds is 5. The maximum absolute atomic E-state index is 12.1. The molecule has 0 atom stereocenters. The second-order valence-corrected chi connectivity index (χ2v) is 8.50. The Morgan fingerprint density at radius 2 is 2.00 bits per heavy atom.